The van der Waals surface area contributed by atoms with Crippen LogP contribution in [0.5, 0.6) is 0 Å². The van der Waals surface area contributed by atoms with Gasteiger partial charge >= 0.3 is 0 Å². The van der Waals surface area contributed by atoms with Crippen molar-refractivity contribution >= 4 is 0 Å². The molecule has 0 spiro atoms. The molecule has 0 bridgehead atoms. The van der Waals surface area contributed by atoms with E-state index >= 15 is 0 Å². The van der Waals surface area contributed by atoms with E-state index in [1.807, 2.05) is 0 Å². The molecule has 1 aromatic carbocycles. The van der Waals surface area contributed by atoms with Crippen LogP contribution in [0.15, 0.2) is 34.9 Å². The maximum Gasteiger partial charge on any atom is 0.226 e. The Morgan fingerprint density at radius 3 is 2.82 bits per heavy atom. The van der Waals surface area contributed by atoms with Gasteiger partial charge in [-0.05, 0) is 44.4 Å². The Bertz CT molecular complexity index is 605. The topological polar surface area (TPSA) is 55.3 Å². The molecule has 1 saturated heterocycles. The first kappa shape index (κ1) is 15.3. The molecule has 1 aliphatic rings. The van der Waals surface area contributed by atoms with Crippen LogP contribution in [0.1, 0.15) is 31.0 Å². The largest absolute Gasteiger partial charge is 0.444 e. The zero-order chi connectivity index (χ0) is 15.5. The molecule has 1 aliphatic heterocycles. The van der Waals surface area contributed by atoms with Crippen molar-refractivity contribution in [1.82, 2.24) is 9.88 Å². The zero-order valence-corrected chi connectivity index (χ0v) is 13.5. The normalized spacial score (nSPS) is 22.9. The molecule has 0 saturated carbocycles. The third-order valence-electron chi connectivity index (χ3n) is 4.69. The highest BCUT2D eigenvalue weighted by Crippen LogP contribution is 2.25. The van der Waals surface area contributed by atoms with Crippen molar-refractivity contribution in [2.24, 2.45) is 11.7 Å². The molecule has 4 heteroatoms. The highest BCUT2D eigenvalue weighted by Gasteiger charge is 2.27. The highest BCUT2D eigenvalue weighted by molar-refractivity contribution is 5.53. The second-order valence-corrected chi connectivity index (χ2v) is 6.40. The van der Waals surface area contributed by atoms with E-state index in [9.17, 15) is 0 Å². The van der Waals surface area contributed by atoms with Crippen molar-refractivity contribution in [2.75, 3.05) is 13.1 Å². The third-order valence-corrected chi connectivity index (χ3v) is 4.69. The van der Waals surface area contributed by atoms with Gasteiger partial charge in [-0.2, -0.15) is 0 Å². The van der Waals surface area contributed by atoms with Crippen molar-refractivity contribution in [3.8, 4) is 11.5 Å². The number of nitrogens with zero attached hydrogens (tertiary/aromatic N) is 2. The monoisotopic (exact) mass is 299 g/mol. The molecule has 0 radical (unpaired) electrons. The molecule has 118 valence electrons. The fourth-order valence-corrected chi connectivity index (χ4v) is 3.33. The van der Waals surface area contributed by atoms with Gasteiger partial charge in [0.25, 0.3) is 0 Å². The molecule has 2 unspecified atom stereocenters. The minimum atomic E-state index is 0.452. The zero-order valence-electron chi connectivity index (χ0n) is 13.5. The summed E-state index contributed by atoms with van der Waals surface area (Å²) < 4.78 is 5.66. The molecule has 2 atom stereocenters. The van der Waals surface area contributed by atoms with Crippen LogP contribution in [0.4, 0.5) is 0 Å². The van der Waals surface area contributed by atoms with Crippen LogP contribution in [0.25, 0.3) is 11.5 Å². The van der Waals surface area contributed by atoms with Gasteiger partial charge in [0.1, 0.15) is 6.26 Å². The smallest absolute Gasteiger partial charge is 0.226 e. The van der Waals surface area contributed by atoms with E-state index < -0.39 is 0 Å². The van der Waals surface area contributed by atoms with Gasteiger partial charge in [0.05, 0.1) is 5.69 Å². The number of aryl methyl sites for hydroxylation is 1. The summed E-state index contributed by atoms with van der Waals surface area (Å²) in [6.45, 7) is 7.00. The number of likely N-dealkylation sites (tertiary alicyclic amines) is 1. The first-order valence-electron chi connectivity index (χ1n) is 8.13. The van der Waals surface area contributed by atoms with Crippen LogP contribution in [0.2, 0.25) is 0 Å². The molecule has 1 fully saturated rings. The summed E-state index contributed by atoms with van der Waals surface area (Å²) in [4.78, 5) is 7.10. The highest BCUT2D eigenvalue weighted by atomic mass is 16.3. The first-order chi connectivity index (χ1) is 10.7. The minimum Gasteiger partial charge on any atom is -0.444 e. The summed E-state index contributed by atoms with van der Waals surface area (Å²) in [5.74, 6) is 1.35. The van der Waals surface area contributed by atoms with Gasteiger partial charge < -0.3 is 10.2 Å². The van der Waals surface area contributed by atoms with Crippen LogP contribution in [0, 0.1) is 12.8 Å². The van der Waals surface area contributed by atoms with Crippen molar-refractivity contribution in [1.29, 1.82) is 0 Å². The van der Waals surface area contributed by atoms with Gasteiger partial charge in [0.2, 0.25) is 5.89 Å². The maximum absolute atomic E-state index is 5.96. The fraction of sp³-hybridized carbons (Fsp3) is 0.500. The van der Waals surface area contributed by atoms with Gasteiger partial charge in [-0.1, -0.05) is 24.6 Å². The Balaban J connectivity index is 1.72. The number of hydrogen-bond donors (Lipinski definition) is 1. The van der Waals surface area contributed by atoms with Crippen LogP contribution in [0.3, 0.4) is 0 Å². The summed E-state index contributed by atoms with van der Waals surface area (Å²) in [6.07, 6.45) is 4.29. The lowest BCUT2D eigenvalue weighted by atomic mass is 9.91. The Labute approximate surface area is 132 Å². The van der Waals surface area contributed by atoms with Crippen molar-refractivity contribution in [3.05, 3.63) is 41.8 Å². The number of aromatic nitrogens is 1. The number of rotatable bonds is 4. The lowest BCUT2D eigenvalue weighted by Crippen LogP contribution is -2.48. The average Bonchev–Trinajstić information content (AvgIpc) is 2.97. The molecule has 22 heavy (non-hydrogen) atoms. The molecule has 2 N–H and O–H groups in total. The predicted molar refractivity (Wildman–Crippen MR) is 88.3 cm³/mol. The van der Waals surface area contributed by atoms with Gasteiger partial charge in [0.15, 0.2) is 0 Å². The molecular weight excluding hydrogens is 274 g/mol. The Morgan fingerprint density at radius 1 is 1.32 bits per heavy atom. The standard InChI is InChI=1S/C18H25N3O/c1-13-5-7-15(8-6-13)18-20-16(12-22-18)11-21-9-3-4-14(2)17(21)10-19/h5-8,12,14,17H,3-4,9-11,19H2,1-2H3. The minimum absolute atomic E-state index is 0.452. The molecular formula is C18H25N3O. The summed E-state index contributed by atoms with van der Waals surface area (Å²) in [5, 5.41) is 0. The van der Waals surface area contributed by atoms with E-state index in [1.54, 1.807) is 6.26 Å². The quantitative estimate of drug-likeness (QED) is 0.942. The second-order valence-electron chi connectivity index (χ2n) is 6.40. The molecule has 0 aliphatic carbocycles. The number of benzene rings is 1. The summed E-state index contributed by atoms with van der Waals surface area (Å²) in [7, 11) is 0. The van der Waals surface area contributed by atoms with Crippen LogP contribution in [-0.2, 0) is 6.54 Å². The van der Waals surface area contributed by atoms with E-state index in [0.29, 0.717) is 24.4 Å². The molecule has 1 aromatic heterocycles. The van der Waals surface area contributed by atoms with E-state index in [2.05, 4.69) is 48.0 Å². The SMILES string of the molecule is Cc1ccc(-c2nc(CN3CCCC(C)C3CN)co2)cc1. The molecule has 0 amide bonds. The van der Waals surface area contributed by atoms with E-state index in [-0.39, 0.29) is 0 Å². The second kappa shape index (κ2) is 6.63. The fourth-order valence-electron chi connectivity index (χ4n) is 3.33. The third kappa shape index (κ3) is 3.23. The lowest BCUT2D eigenvalue weighted by Gasteiger charge is -2.38. The van der Waals surface area contributed by atoms with Gasteiger partial charge in [-0.25, -0.2) is 4.98 Å². The average molecular weight is 299 g/mol. The lowest BCUT2D eigenvalue weighted by molar-refractivity contribution is 0.0977. The van der Waals surface area contributed by atoms with Crippen molar-refractivity contribution < 1.29 is 4.42 Å². The van der Waals surface area contributed by atoms with Crippen LogP contribution < -0.4 is 5.73 Å². The van der Waals surface area contributed by atoms with Gasteiger partial charge in [-0.15, -0.1) is 0 Å². The number of nitrogens with two attached hydrogens (primary N) is 1. The summed E-state index contributed by atoms with van der Waals surface area (Å²) in [5.41, 5.74) is 9.22. The van der Waals surface area contributed by atoms with Crippen LogP contribution >= 0.6 is 0 Å². The van der Waals surface area contributed by atoms with Crippen molar-refractivity contribution in [2.45, 2.75) is 39.3 Å². The van der Waals surface area contributed by atoms with E-state index in [1.165, 1.54) is 18.4 Å². The van der Waals surface area contributed by atoms with Crippen LogP contribution in [-0.4, -0.2) is 29.0 Å². The number of hydrogen-bond acceptors (Lipinski definition) is 4. The Hall–Kier alpha value is -1.65. The predicted octanol–water partition coefficient (Wildman–Crippen LogP) is 3.21. The summed E-state index contributed by atoms with van der Waals surface area (Å²) in [6, 6.07) is 8.72. The van der Waals surface area contributed by atoms with Gasteiger partial charge in [-0.3, -0.25) is 4.90 Å². The van der Waals surface area contributed by atoms with Crippen molar-refractivity contribution in [3.63, 3.8) is 0 Å². The van der Waals surface area contributed by atoms with E-state index in [4.69, 9.17) is 10.2 Å². The first-order valence-corrected chi connectivity index (χ1v) is 8.13. The maximum atomic E-state index is 5.96. The molecule has 4 nitrogen and oxygen atoms in total. The Kier molecular flexibility index (Phi) is 4.60. The summed E-state index contributed by atoms with van der Waals surface area (Å²) >= 11 is 0. The van der Waals surface area contributed by atoms with Gasteiger partial charge in [0, 0.05) is 24.7 Å². The number of oxazole rings is 1. The molecule has 2 heterocycles. The van der Waals surface area contributed by atoms with E-state index in [0.717, 1.165) is 24.3 Å². The molecule has 2 aromatic rings. The number of piperidine rings is 1. The Morgan fingerprint density at radius 2 is 2.09 bits per heavy atom. The molecule has 3 rings (SSSR count).